The van der Waals surface area contributed by atoms with Crippen LogP contribution in [-0.4, -0.2) is 57.0 Å². The Balaban J connectivity index is 1.75. The predicted molar refractivity (Wildman–Crippen MR) is 127 cm³/mol. The van der Waals surface area contributed by atoms with Crippen molar-refractivity contribution in [2.45, 2.75) is 56.7 Å². The molecule has 2 aromatic rings. The number of hydrogen-bond acceptors (Lipinski definition) is 10. The fourth-order valence-corrected chi connectivity index (χ4v) is 5.04. The summed E-state index contributed by atoms with van der Waals surface area (Å²) in [5.41, 5.74) is 4.79. The van der Waals surface area contributed by atoms with Crippen LogP contribution in [0, 0.1) is 0 Å². The highest BCUT2D eigenvalue weighted by atomic mass is 35.5. The molecule has 2 heterocycles. The molecule has 6 atom stereocenters. The third-order valence-electron chi connectivity index (χ3n) is 4.85. The minimum atomic E-state index is -4.18. The van der Waals surface area contributed by atoms with Gasteiger partial charge >= 0.3 is 19.4 Å². The van der Waals surface area contributed by atoms with Crippen LogP contribution in [0.1, 0.15) is 27.0 Å². The fraction of sp³-hybridized carbons (Fsp3) is 0.476. The first kappa shape index (κ1) is 27.1. The van der Waals surface area contributed by atoms with Crippen molar-refractivity contribution in [3.05, 3.63) is 53.1 Å². The number of alkyl halides is 1. The second-order valence-corrected chi connectivity index (χ2v) is 10.3. The Hall–Kier alpha value is -2.47. The van der Waals surface area contributed by atoms with Gasteiger partial charge in [0.15, 0.2) is 6.23 Å². The lowest BCUT2D eigenvalue weighted by Crippen LogP contribution is -2.37. The Bertz CT molecular complexity index is 1120. The lowest BCUT2D eigenvalue weighted by Gasteiger charge is -2.25. The molecule has 0 spiro atoms. The number of anilines is 1. The van der Waals surface area contributed by atoms with Crippen LogP contribution in [-0.2, 0) is 23.4 Å². The average molecular weight is 531 g/mol. The summed E-state index contributed by atoms with van der Waals surface area (Å²) in [6.07, 6.45) is -2.50. The van der Waals surface area contributed by atoms with Crippen molar-refractivity contribution >= 4 is 31.1 Å². The van der Waals surface area contributed by atoms with Crippen LogP contribution in [0.15, 0.2) is 47.4 Å². The Morgan fingerprint density at radius 3 is 2.63 bits per heavy atom. The minimum Gasteiger partial charge on any atom is -0.462 e. The molecule has 4 N–H and O–H groups in total. The van der Waals surface area contributed by atoms with E-state index in [2.05, 4.69) is 10.1 Å². The lowest BCUT2D eigenvalue weighted by molar-refractivity contribution is -0.149. The summed E-state index contributed by atoms with van der Waals surface area (Å²) in [4.78, 5) is 28.0. The molecule has 0 bridgehead atoms. The first-order valence-electron chi connectivity index (χ1n) is 10.8. The third-order valence-corrected chi connectivity index (χ3v) is 6.97. The molecule has 12 nitrogen and oxygen atoms in total. The number of aliphatic hydroxyl groups is 1. The molecule has 192 valence electrons. The molecular formula is C21H28ClN4O8P. The third kappa shape index (κ3) is 7.03. The number of aliphatic hydroxyl groups excluding tert-OH is 1. The Morgan fingerprint density at radius 2 is 2.00 bits per heavy atom. The summed E-state index contributed by atoms with van der Waals surface area (Å²) in [6.45, 7) is 4.37. The molecule has 14 heteroatoms. The first-order valence-corrected chi connectivity index (χ1v) is 12.8. The zero-order valence-corrected chi connectivity index (χ0v) is 21.0. The van der Waals surface area contributed by atoms with Gasteiger partial charge in [0.05, 0.1) is 12.7 Å². The molecule has 0 radical (unpaired) electrons. The van der Waals surface area contributed by atoms with Crippen LogP contribution >= 0.6 is 19.3 Å². The topological polar surface area (TPSA) is 164 Å². The quantitative estimate of drug-likeness (QED) is 0.233. The van der Waals surface area contributed by atoms with Crippen molar-refractivity contribution in [1.82, 2.24) is 14.6 Å². The summed E-state index contributed by atoms with van der Waals surface area (Å²) in [5.74, 6) is -0.423. The van der Waals surface area contributed by atoms with Crippen LogP contribution in [0.25, 0.3) is 0 Å². The molecule has 1 aromatic heterocycles. The predicted octanol–water partition coefficient (Wildman–Crippen LogP) is 1.82. The van der Waals surface area contributed by atoms with Gasteiger partial charge in [-0.15, -0.1) is 11.6 Å². The number of aromatic nitrogens is 2. The van der Waals surface area contributed by atoms with E-state index in [9.17, 15) is 19.3 Å². The molecule has 0 saturated carbocycles. The highest BCUT2D eigenvalue weighted by Crippen LogP contribution is 2.46. The summed E-state index contributed by atoms with van der Waals surface area (Å²) in [7, 11) is -4.18. The number of para-hydroxylation sites is 1. The zero-order chi connectivity index (χ0) is 25.8. The normalized spacial score (nSPS) is 24.6. The lowest BCUT2D eigenvalue weighted by atomic mass is 10.2. The molecule has 0 amide bonds. The standard InChI is InChI=1S/C21H28ClN4O8P/c1-12(2)32-20(28)13(3)25-35(30,34-14-7-5-4-6-8-14)31-11-15-18(27)17(22)19(33-15)26-10-9-16(23)24-21(26)29/h4-10,12-13,15,17-19,27H,11H2,1-3H3,(H,25,30)(H2,23,24,29)/t13-,15-,17+,18-,19+,35?/m1/s1. The zero-order valence-electron chi connectivity index (χ0n) is 19.3. The van der Waals surface area contributed by atoms with Crippen LogP contribution in [0.4, 0.5) is 5.82 Å². The van der Waals surface area contributed by atoms with Crippen molar-refractivity contribution in [3.8, 4) is 5.75 Å². The maximum atomic E-state index is 13.6. The Morgan fingerprint density at radius 1 is 1.31 bits per heavy atom. The summed E-state index contributed by atoms with van der Waals surface area (Å²) >= 11 is 6.30. The number of nitrogen functional groups attached to an aromatic ring is 1. The highest BCUT2D eigenvalue weighted by molar-refractivity contribution is 7.52. The molecule has 3 rings (SSSR count). The maximum Gasteiger partial charge on any atom is 0.459 e. The maximum absolute atomic E-state index is 13.6. The molecule has 1 aliphatic heterocycles. The van der Waals surface area contributed by atoms with Crippen molar-refractivity contribution in [3.63, 3.8) is 0 Å². The monoisotopic (exact) mass is 530 g/mol. The molecule has 1 aliphatic rings. The number of carbonyl (C=O) groups is 1. The Labute approximate surface area is 206 Å². The van der Waals surface area contributed by atoms with Crippen molar-refractivity contribution in [2.24, 2.45) is 0 Å². The van der Waals surface area contributed by atoms with Gasteiger partial charge in [0.25, 0.3) is 0 Å². The number of nitrogens with zero attached hydrogens (tertiary/aromatic N) is 2. The summed E-state index contributed by atoms with van der Waals surface area (Å²) in [5, 5.41) is 12.1. The number of ether oxygens (including phenoxy) is 2. The number of nitrogens with one attached hydrogen (secondary N) is 1. The number of hydrogen-bond donors (Lipinski definition) is 3. The van der Waals surface area contributed by atoms with Gasteiger partial charge < -0.3 is 24.8 Å². The van der Waals surface area contributed by atoms with Crippen LogP contribution in [0.5, 0.6) is 5.75 Å². The van der Waals surface area contributed by atoms with Gasteiger partial charge in [0, 0.05) is 6.20 Å². The summed E-state index contributed by atoms with van der Waals surface area (Å²) in [6, 6.07) is 8.53. The summed E-state index contributed by atoms with van der Waals surface area (Å²) < 4.78 is 36.6. The second kappa shape index (κ2) is 11.5. The molecule has 1 unspecified atom stereocenters. The molecule has 0 aliphatic carbocycles. The van der Waals surface area contributed by atoms with E-state index in [0.29, 0.717) is 0 Å². The van der Waals surface area contributed by atoms with E-state index in [-0.39, 0.29) is 17.7 Å². The van der Waals surface area contributed by atoms with Gasteiger partial charge in [-0.25, -0.2) is 9.36 Å². The van der Waals surface area contributed by atoms with Crippen LogP contribution < -0.4 is 21.0 Å². The molecule has 1 aromatic carbocycles. The number of nitrogens with two attached hydrogens (primary N) is 1. The smallest absolute Gasteiger partial charge is 0.459 e. The van der Waals surface area contributed by atoms with Gasteiger partial charge in [-0.1, -0.05) is 18.2 Å². The van der Waals surface area contributed by atoms with Gasteiger partial charge in [0.2, 0.25) is 0 Å². The molecule has 1 fully saturated rings. The molecule has 35 heavy (non-hydrogen) atoms. The molecule has 1 saturated heterocycles. The van der Waals surface area contributed by atoms with E-state index >= 15 is 0 Å². The number of esters is 1. The number of halogens is 1. The fourth-order valence-electron chi connectivity index (χ4n) is 3.19. The SMILES string of the molecule is CC(C)OC(=O)[C@@H](C)NP(=O)(OC[C@H]1O[C@H](n2ccc(N)nc2=O)[C@@H](Cl)[C@@H]1O)Oc1ccccc1. The minimum absolute atomic E-state index is 0.0194. The van der Waals surface area contributed by atoms with E-state index in [4.69, 9.17) is 35.9 Å². The van der Waals surface area contributed by atoms with Crippen molar-refractivity contribution < 1.29 is 33.0 Å². The number of carbonyl (C=O) groups excluding carboxylic acids is 1. The van der Waals surface area contributed by atoms with Crippen LogP contribution in [0.3, 0.4) is 0 Å². The van der Waals surface area contributed by atoms with E-state index < -0.39 is 55.9 Å². The van der Waals surface area contributed by atoms with Crippen molar-refractivity contribution in [1.29, 1.82) is 0 Å². The highest BCUT2D eigenvalue weighted by Gasteiger charge is 2.45. The van der Waals surface area contributed by atoms with E-state index in [1.165, 1.54) is 19.2 Å². The van der Waals surface area contributed by atoms with E-state index in [1.807, 2.05) is 0 Å². The first-order chi connectivity index (χ1) is 16.5. The Kier molecular flexibility index (Phi) is 8.92. The van der Waals surface area contributed by atoms with Crippen LogP contribution in [0.2, 0.25) is 0 Å². The van der Waals surface area contributed by atoms with Gasteiger partial charge in [-0.05, 0) is 39.0 Å². The van der Waals surface area contributed by atoms with Gasteiger partial charge in [-0.3, -0.25) is 13.9 Å². The number of rotatable bonds is 10. The van der Waals surface area contributed by atoms with E-state index in [1.54, 1.807) is 44.2 Å². The molecular weight excluding hydrogens is 503 g/mol. The van der Waals surface area contributed by atoms with E-state index in [0.717, 1.165) is 4.57 Å². The largest absolute Gasteiger partial charge is 0.462 e. The van der Waals surface area contributed by atoms with Gasteiger partial charge in [-0.2, -0.15) is 10.1 Å². The van der Waals surface area contributed by atoms with Crippen molar-refractivity contribution in [2.75, 3.05) is 12.3 Å². The van der Waals surface area contributed by atoms with Gasteiger partial charge in [0.1, 0.15) is 35.2 Å². The number of benzene rings is 1. The second-order valence-electron chi connectivity index (χ2n) is 8.08. The average Bonchev–Trinajstić information content (AvgIpc) is 3.06.